The molecular weight excluding hydrogens is 352 g/mol. The summed E-state index contributed by atoms with van der Waals surface area (Å²) in [7, 11) is 0. The second-order valence-corrected chi connectivity index (χ2v) is 6.37. The SMILES string of the molecule is N#Cc1ccccc1C1=CC(C2=COCCO2)=CN(c2ccccc2)C1C=O. The first-order valence-electron chi connectivity index (χ1n) is 8.98. The normalized spacial score (nSPS) is 18.6. The highest BCUT2D eigenvalue weighted by molar-refractivity contribution is 5.93. The van der Waals surface area contributed by atoms with E-state index in [4.69, 9.17) is 9.47 Å². The van der Waals surface area contributed by atoms with Gasteiger partial charge in [0, 0.05) is 17.5 Å². The number of carbonyl (C=O) groups is 1. The van der Waals surface area contributed by atoms with Crippen LogP contribution in [0.1, 0.15) is 11.1 Å². The predicted molar refractivity (Wildman–Crippen MR) is 106 cm³/mol. The van der Waals surface area contributed by atoms with Gasteiger partial charge in [0.2, 0.25) is 0 Å². The van der Waals surface area contributed by atoms with Gasteiger partial charge in [-0.1, -0.05) is 36.4 Å². The van der Waals surface area contributed by atoms with E-state index >= 15 is 0 Å². The summed E-state index contributed by atoms with van der Waals surface area (Å²) in [5.41, 5.74) is 3.64. The van der Waals surface area contributed by atoms with Crippen LogP contribution in [0, 0.1) is 11.3 Å². The predicted octanol–water partition coefficient (Wildman–Crippen LogP) is 3.80. The zero-order valence-electron chi connectivity index (χ0n) is 15.1. The smallest absolute Gasteiger partial charge is 0.162 e. The van der Waals surface area contributed by atoms with Gasteiger partial charge in [-0.3, -0.25) is 0 Å². The second kappa shape index (κ2) is 7.85. The van der Waals surface area contributed by atoms with Crippen molar-refractivity contribution >= 4 is 17.5 Å². The molecule has 0 bridgehead atoms. The molecule has 2 aromatic rings. The fourth-order valence-electron chi connectivity index (χ4n) is 3.37. The van der Waals surface area contributed by atoms with Crippen LogP contribution in [0.2, 0.25) is 0 Å². The van der Waals surface area contributed by atoms with E-state index < -0.39 is 6.04 Å². The molecule has 28 heavy (non-hydrogen) atoms. The Labute approximate surface area is 163 Å². The zero-order valence-corrected chi connectivity index (χ0v) is 15.1. The summed E-state index contributed by atoms with van der Waals surface area (Å²) in [6.07, 6.45) is 6.26. The number of hydrogen-bond donors (Lipinski definition) is 0. The molecule has 0 saturated heterocycles. The third-order valence-electron chi connectivity index (χ3n) is 4.68. The maximum atomic E-state index is 12.1. The zero-order chi connectivity index (χ0) is 19.3. The third-order valence-corrected chi connectivity index (χ3v) is 4.68. The van der Waals surface area contributed by atoms with Crippen LogP contribution in [-0.2, 0) is 14.3 Å². The van der Waals surface area contributed by atoms with Crippen molar-refractivity contribution in [2.24, 2.45) is 0 Å². The van der Waals surface area contributed by atoms with Crippen LogP contribution in [0.4, 0.5) is 5.69 Å². The molecule has 2 aliphatic rings. The minimum absolute atomic E-state index is 0.462. The van der Waals surface area contributed by atoms with Gasteiger partial charge in [-0.05, 0) is 35.4 Å². The van der Waals surface area contributed by atoms with Gasteiger partial charge in [-0.15, -0.1) is 0 Å². The first kappa shape index (κ1) is 17.6. The van der Waals surface area contributed by atoms with Crippen LogP contribution < -0.4 is 4.90 Å². The van der Waals surface area contributed by atoms with Gasteiger partial charge in [0.15, 0.2) is 5.76 Å². The summed E-state index contributed by atoms with van der Waals surface area (Å²) in [5.74, 6) is 0.600. The number of carbonyl (C=O) groups excluding carboxylic acids is 1. The molecule has 2 aliphatic heterocycles. The van der Waals surface area contributed by atoms with E-state index in [0.29, 0.717) is 24.5 Å². The molecule has 0 aliphatic carbocycles. The van der Waals surface area contributed by atoms with Crippen LogP contribution in [-0.4, -0.2) is 25.5 Å². The molecular formula is C23H18N2O3. The van der Waals surface area contributed by atoms with E-state index in [1.807, 2.05) is 65.7 Å². The largest absolute Gasteiger partial charge is 0.494 e. The number of nitriles is 1. The Morgan fingerprint density at radius 2 is 1.86 bits per heavy atom. The minimum Gasteiger partial charge on any atom is -0.494 e. The number of benzene rings is 2. The quantitative estimate of drug-likeness (QED) is 0.766. The van der Waals surface area contributed by atoms with E-state index in [1.54, 1.807) is 12.3 Å². The summed E-state index contributed by atoms with van der Waals surface area (Å²) >= 11 is 0. The average molecular weight is 370 g/mol. The molecule has 1 atom stereocenters. The molecule has 2 aromatic carbocycles. The van der Waals surface area contributed by atoms with Crippen molar-refractivity contribution in [2.45, 2.75) is 6.04 Å². The van der Waals surface area contributed by atoms with Gasteiger partial charge >= 0.3 is 0 Å². The molecule has 4 rings (SSSR count). The molecule has 5 heteroatoms. The maximum absolute atomic E-state index is 12.1. The summed E-state index contributed by atoms with van der Waals surface area (Å²) in [5, 5.41) is 9.56. The van der Waals surface area contributed by atoms with E-state index in [-0.39, 0.29) is 0 Å². The molecule has 0 amide bonds. The van der Waals surface area contributed by atoms with Gasteiger partial charge in [0.1, 0.15) is 31.8 Å². The van der Waals surface area contributed by atoms with Crippen molar-refractivity contribution in [1.29, 1.82) is 5.26 Å². The van der Waals surface area contributed by atoms with E-state index in [0.717, 1.165) is 28.7 Å². The molecule has 0 N–H and O–H groups in total. The Morgan fingerprint density at radius 1 is 1.07 bits per heavy atom. The molecule has 138 valence electrons. The highest BCUT2D eigenvalue weighted by Crippen LogP contribution is 2.35. The number of para-hydroxylation sites is 1. The average Bonchev–Trinajstić information content (AvgIpc) is 2.79. The van der Waals surface area contributed by atoms with Gasteiger partial charge in [0.25, 0.3) is 0 Å². The lowest BCUT2D eigenvalue weighted by atomic mass is 9.89. The summed E-state index contributed by atoms with van der Waals surface area (Å²) in [6.45, 7) is 0.966. The lowest BCUT2D eigenvalue weighted by Crippen LogP contribution is -2.36. The molecule has 0 spiro atoms. The first-order chi connectivity index (χ1) is 13.8. The fraction of sp³-hybridized carbons (Fsp3) is 0.130. The molecule has 5 nitrogen and oxygen atoms in total. The summed E-state index contributed by atoms with van der Waals surface area (Å²) in [6, 6.07) is 18.6. The first-order valence-corrected chi connectivity index (χ1v) is 8.98. The molecule has 0 aromatic heterocycles. The highest BCUT2D eigenvalue weighted by atomic mass is 16.6. The Hall–Kier alpha value is -3.78. The van der Waals surface area contributed by atoms with Gasteiger partial charge in [-0.2, -0.15) is 5.26 Å². The monoisotopic (exact) mass is 370 g/mol. The number of aldehydes is 1. The number of rotatable bonds is 4. The Balaban J connectivity index is 1.88. The van der Waals surface area contributed by atoms with Crippen molar-refractivity contribution in [3.05, 3.63) is 95.6 Å². The standard InChI is InChI=1S/C23H18N2O3/c24-13-17-6-4-5-9-20(17)21-12-18(23-16-27-10-11-28-23)14-25(22(21)15-26)19-7-2-1-3-8-19/h1-9,12,14-16,22H,10-11H2. The van der Waals surface area contributed by atoms with Crippen molar-refractivity contribution < 1.29 is 14.3 Å². The number of anilines is 1. The summed E-state index contributed by atoms with van der Waals surface area (Å²) in [4.78, 5) is 14.0. The van der Waals surface area contributed by atoms with Crippen LogP contribution in [0.25, 0.3) is 5.57 Å². The maximum Gasteiger partial charge on any atom is 0.162 e. The molecule has 0 saturated carbocycles. The van der Waals surface area contributed by atoms with Crippen LogP contribution >= 0.6 is 0 Å². The van der Waals surface area contributed by atoms with Gasteiger partial charge in [-0.25, -0.2) is 0 Å². The van der Waals surface area contributed by atoms with Crippen LogP contribution in [0.15, 0.2) is 84.5 Å². The number of nitrogens with zero attached hydrogens (tertiary/aromatic N) is 2. The number of allylic oxidation sites excluding steroid dienone is 1. The molecule has 0 fully saturated rings. The Bertz CT molecular complexity index is 1020. The molecule has 2 heterocycles. The Morgan fingerprint density at radius 3 is 2.57 bits per heavy atom. The highest BCUT2D eigenvalue weighted by Gasteiger charge is 2.29. The van der Waals surface area contributed by atoms with E-state index in [1.165, 1.54) is 0 Å². The second-order valence-electron chi connectivity index (χ2n) is 6.37. The fourth-order valence-corrected chi connectivity index (χ4v) is 3.37. The van der Waals surface area contributed by atoms with E-state index in [9.17, 15) is 10.1 Å². The van der Waals surface area contributed by atoms with E-state index in [2.05, 4.69) is 6.07 Å². The molecule has 1 unspecified atom stereocenters. The van der Waals surface area contributed by atoms with Crippen LogP contribution in [0.5, 0.6) is 0 Å². The van der Waals surface area contributed by atoms with Crippen molar-refractivity contribution in [3.63, 3.8) is 0 Å². The van der Waals surface area contributed by atoms with Crippen LogP contribution in [0.3, 0.4) is 0 Å². The van der Waals surface area contributed by atoms with Crippen molar-refractivity contribution in [1.82, 2.24) is 0 Å². The Kier molecular flexibility index (Phi) is 4.94. The lowest BCUT2D eigenvalue weighted by Gasteiger charge is -2.34. The van der Waals surface area contributed by atoms with Crippen molar-refractivity contribution in [2.75, 3.05) is 18.1 Å². The minimum atomic E-state index is -0.564. The van der Waals surface area contributed by atoms with Gasteiger partial charge in [0.05, 0.1) is 11.6 Å². The topological polar surface area (TPSA) is 62.6 Å². The van der Waals surface area contributed by atoms with Crippen molar-refractivity contribution in [3.8, 4) is 6.07 Å². The number of ether oxygens (including phenoxy) is 2. The van der Waals surface area contributed by atoms with Gasteiger partial charge < -0.3 is 19.2 Å². The lowest BCUT2D eigenvalue weighted by molar-refractivity contribution is -0.107. The number of hydrogen-bond acceptors (Lipinski definition) is 5. The summed E-state index contributed by atoms with van der Waals surface area (Å²) < 4.78 is 11.2. The third kappa shape index (κ3) is 3.28. The molecule has 0 radical (unpaired) electrons.